The lowest BCUT2D eigenvalue weighted by atomic mass is 10.1. The minimum Gasteiger partial charge on any atom is -0.314 e. The number of hydrogen-bond donors (Lipinski definition) is 4. The van der Waals surface area contributed by atoms with E-state index in [0.717, 1.165) is 57.9 Å². The predicted octanol–water partition coefficient (Wildman–Crippen LogP) is 0.704. The van der Waals surface area contributed by atoms with Gasteiger partial charge >= 0.3 is 0 Å². The van der Waals surface area contributed by atoms with Crippen molar-refractivity contribution in [2.75, 3.05) is 45.8 Å². The minimum atomic E-state index is 0.432. The zero-order valence-corrected chi connectivity index (χ0v) is 13.7. The Balaban J connectivity index is 1.87. The van der Waals surface area contributed by atoms with Crippen LogP contribution in [0.3, 0.4) is 0 Å². The molecule has 1 atom stereocenters. The van der Waals surface area contributed by atoms with E-state index >= 15 is 0 Å². The van der Waals surface area contributed by atoms with Gasteiger partial charge in [-0.05, 0) is 36.3 Å². The highest BCUT2D eigenvalue weighted by molar-refractivity contribution is 7.78. The number of benzene rings is 1. The molecule has 1 aliphatic heterocycles. The van der Waals surface area contributed by atoms with E-state index in [1.165, 1.54) is 5.56 Å². The Kier molecular flexibility index (Phi) is 8.27. The van der Waals surface area contributed by atoms with Crippen LogP contribution in [0.1, 0.15) is 5.56 Å². The maximum absolute atomic E-state index is 4.62. The number of aliphatic imine (C=N–C) groups is 1. The van der Waals surface area contributed by atoms with Crippen molar-refractivity contribution in [2.24, 2.45) is 4.99 Å². The zero-order valence-electron chi connectivity index (χ0n) is 12.9. The van der Waals surface area contributed by atoms with Gasteiger partial charge in [0.15, 0.2) is 0 Å². The van der Waals surface area contributed by atoms with E-state index in [4.69, 9.17) is 0 Å². The number of nitrogens with one attached hydrogen (secondary N) is 4. The molecule has 1 aromatic rings. The van der Waals surface area contributed by atoms with Gasteiger partial charge < -0.3 is 21.3 Å². The summed E-state index contributed by atoms with van der Waals surface area (Å²) in [5.41, 5.74) is 2.17. The smallest absolute Gasteiger partial charge is 0.0739 e. The summed E-state index contributed by atoms with van der Waals surface area (Å²) < 4.78 is 0. The van der Waals surface area contributed by atoms with Crippen molar-refractivity contribution >= 4 is 23.1 Å². The van der Waals surface area contributed by atoms with Crippen molar-refractivity contribution in [2.45, 2.75) is 12.5 Å². The van der Waals surface area contributed by atoms with Crippen LogP contribution < -0.4 is 21.3 Å². The van der Waals surface area contributed by atoms with Crippen LogP contribution in [0.25, 0.3) is 0 Å². The molecule has 0 amide bonds. The van der Waals surface area contributed by atoms with Gasteiger partial charge in [0.05, 0.1) is 10.8 Å². The van der Waals surface area contributed by atoms with Gasteiger partial charge in [-0.25, -0.2) is 0 Å². The second kappa shape index (κ2) is 10.6. The molecule has 1 aromatic carbocycles. The molecule has 120 valence electrons. The summed E-state index contributed by atoms with van der Waals surface area (Å²) in [6.45, 7) is 7.02. The average Bonchev–Trinajstić information content (AvgIpc) is 2.52. The second-order valence-electron chi connectivity index (χ2n) is 5.43. The van der Waals surface area contributed by atoms with Crippen LogP contribution in [0.4, 0.5) is 5.69 Å². The van der Waals surface area contributed by atoms with Crippen molar-refractivity contribution in [3.05, 3.63) is 29.8 Å². The fraction of sp³-hybridized carbons (Fsp3) is 0.562. The lowest BCUT2D eigenvalue weighted by Gasteiger charge is -2.21. The van der Waals surface area contributed by atoms with Gasteiger partial charge in [-0.2, -0.15) is 4.99 Å². The number of nitrogens with zero attached hydrogens (tertiary/aromatic N) is 1. The first-order chi connectivity index (χ1) is 10.9. The lowest BCUT2D eigenvalue weighted by Crippen LogP contribution is -2.46. The first kappa shape index (κ1) is 17.2. The minimum absolute atomic E-state index is 0.432. The van der Waals surface area contributed by atoms with Gasteiger partial charge in [-0.1, -0.05) is 12.1 Å². The van der Waals surface area contributed by atoms with Crippen LogP contribution in [0.15, 0.2) is 29.3 Å². The molecule has 0 radical (unpaired) electrons. The van der Waals surface area contributed by atoms with Crippen molar-refractivity contribution < 1.29 is 0 Å². The van der Waals surface area contributed by atoms with Crippen molar-refractivity contribution in [3.63, 3.8) is 0 Å². The average molecular weight is 319 g/mol. The molecule has 1 saturated heterocycles. The fourth-order valence-electron chi connectivity index (χ4n) is 2.50. The monoisotopic (exact) mass is 319 g/mol. The van der Waals surface area contributed by atoms with E-state index in [-0.39, 0.29) is 0 Å². The Morgan fingerprint density at radius 1 is 0.955 bits per heavy atom. The predicted molar refractivity (Wildman–Crippen MR) is 95.2 cm³/mol. The van der Waals surface area contributed by atoms with E-state index < -0.39 is 0 Å². The standard InChI is InChI=1S/C16H25N5S/c22-13-21-15-3-1-14(2-4-15)11-16-12-19-8-7-17-5-6-18-9-10-20-16/h1-4,16-20H,5-12H2. The Hall–Kier alpha value is -1.14. The molecule has 0 spiro atoms. The van der Waals surface area contributed by atoms with Crippen LogP contribution in [0.5, 0.6) is 0 Å². The summed E-state index contributed by atoms with van der Waals surface area (Å²) in [4.78, 5) is 3.99. The summed E-state index contributed by atoms with van der Waals surface area (Å²) >= 11 is 4.62. The van der Waals surface area contributed by atoms with Gasteiger partial charge in [0.1, 0.15) is 0 Å². The van der Waals surface area contributed by atoms with Crippen LogP contribution in [-0.4, -0.2) is 57.0 Å². The third-order valence-electron chi connectivity index (χ3n) is 3.68. The van der Waals surface area contributed by atoms with Gasteiger partial charge in [0, 0.05) is 51.9 Å². The van der Waals surface area contributed by atoms with Crippen molar-refractivity contribution in [3.8, 4) is 0 Å². The molecule has 1 unspecified atom stereocenters. The zero-order chi connectivity index (χ0) is 15.5. The van der Waals surface area contributed by atoms with E-state index in [1.54, 1.807) is 0 Å². The Morgan fingerprint density at radius 3 is 2.27 bits per heavy atom. The van der Waals surface area contributed by atoms with Crippen LogP contribution in [-0.2, 0) is 6.42 Å². The fourth-order valence-corrected chi connectivity index (χ4v) is 2.61. The Morgan fingerprint density at radius 2 is 1.59 bits per heavy atom. The highest BCUT2D eigenvalue weighted by Gasteiger charge is 2.09. The molecule has 4 N–H and O–H groups in total. The highest BCUT2D eigenvalue weighted by atomic mass is 32.1. The van der Waals surface area contributed by atoms with E-state index in [9.17, 15) is 0 Å². The molecule has 0 aliphatic carbocycles. The van der Waals surface area contributed by atoms with Gasteiger partial charge in [-0.15, -0.1) is 0 Å². The third-order valence-corrected chi connectivity index (χ3v) is 3.77. The third kappa shape index (κ3) is 6.75. The molecule has 1 fully saturated rings. The van der Waals surface area contributed by atoms with Gasteiger partial charge in [0.25, 0.3) is 0 Å². The lowest BCUT2D eigenvalue weighted by molar-refractivity contribution is 0.450. The molecule has 1 aliphatic rings. The second-order valence-corrected chi connectivity index (χ2v) is 5.61. The molecular weight excluding hydrogens is 294 g/mol. The Labute approximate surface area is 138 Å². The number of isothiocyanates is 1. The number of rotatable bonds is 3. The van der Waals surface area contributed by atoms with E-state index in [0.29, 0.717) is 6.04 Å². The normalized spacial score (nSPS) is 21.2. The number of hydrogen-bond acceptors (Lipinski definition) is 6. The molecule has 22 heavy (non-hydrogen) atoms. The van der Waals surface area contributed by atoms with Crippen LogP contribution in [0, 0.1) is 0 Å². The summed E-state index contributed by atoms with van der Waals surface area (Å²) in [5, 5.41) is 16.4. The van der Waals surface area contributed by atoms with Crippen molar-refractivity contribution in [1.82, 2.24) is 21.3 Å². The molecule has 1 heterocycles. The molecule has 2 rings (SSSR count). The maximum Gasteiger partial charge on any atom is 0.0739 e. The largest absolute Gasteiger partial charge is 0.314 e. The quantitative estimate of drug-likeness (QED) is 0.488. The summed E-state index contributed by atoms with van der Waals surface area (Å²) in [6, 6.07) is 8.64. The maximum atomic E-state index is 4.62. The SMILES string of the molecule is S=C=Nc1ccc(CC2CNCCNCCNCCN2)cc1. The number of thiocarbonyl (C=S) groups is 1. The van der Waals surface area contributed by atoms with Gasteiger partial charge in [-0.3, -0.25) is 0 Å². The highest BCUT2D eigenvalue weighted by Crippen LogP contribution is 2.13. The van der Waals surface area contributed by atoms with E-state index in [1.807, 2.05) is 12.1 Å². The summed E-state index contributed by atoms with van der Waals surface area (Å²) in [7, 11) is 0. The van der Waals surface area contributed by atoms with Crippen LogP contribution in [0.2, 0.25) is 0 Å². The molecule has 6 heteroatoms. The Bertz CT molecular complexity index is 458. The van der Waals surface area contributed by atoms with Gasteiger partial charge in [0.2, 0.25) is 0 Å². The molecule has 5 nitrogen and oxygen atoms in total. The van der Waals surface area contributed by atoms with E-state index in [2.05, 4.69) is 55.8 Å². The molecular formula is C16H25N5S. The molecule has 0 aromatic heterocycles. The summed E-state index contributed by atoms with van der Waals surface area (Å²) in [5.74, 6) is 0. The molecule has 0 saturated carbocycles. The topological polar surface area (TPSA) is 60.5 Å². The van der Waals surface area contributed by atoms with Crippen molar-refractivity contribution in [1.29, 1.82) is 0 Å². The first-order valence-electron chi connectivity index (χ1n) is 7.91. The molecule has 0 bridgehead atoms. The summed E-state index contributed by atoms with van der Waals surface area (Å²) in [6.07, 6.45) is 1.00. The van der Waals surface area contributed by atoms with Crippen LogP contribution >= 0.6 is 12.2 Å². The first-order valence-corrected chi connectivity index (χ1v) is 8.31.